The maximum absolute atomic E-state index is 13.6. The summed E-state index contributed by atoms with van der Waals surface area (Å²) in [6.07, 6.45) is 2.93. The number of rotatable bonds is 2. The number of halogens is 2. The van der Waals surface area contributed by atoms with Crippen molar-refractivity contribution in [3.8, 4) is 0 Å². The number of aryl methyl sites for hydroxylation is 1. The highest BCUT2D eigenvalue weighted by molar-refractivity contribution is 5.89. The van der Waals surface area contributed by atoms with Crippen molar-refractivity contribution < 1.29 is 13.6 Å². The van der Waals surface area contributed by atoms with Gasteiger partial charge in [0.25, 0.3) is 0 Å². The molecule has 2 rings (SSSR count). The van der Waals surface area contributed by atoms with Crippen molar-refractivity contribution in [3.05, 3.63) is 29.3 Å². The third-order valence-corrected chi connectivity index (χ3v) is 2.96. The number of benzene rings is 1. The predicted octanol–water partition coefficient (Wildman–Crippen LogP) is 2.95. The Kier molecular flexibility index (Phi) is 3.26. The number of anilines is 1. The molecule has 0 spiro atoms. The van der Waals surface area contributed by atoms with Gasteiger partial charge in [0, 0.05) is 6.04 Å². The Bertz CT molecular complexity index is 444. The second kappa shape index (κ2) is 4.69. The largest absolute Gasteiger partial charge is 0.335 e. The van der Waals surface area contributed by atoms with E-state index < -0.39 is 17.7 Å². The molecule has 17 heavy (non-hydrogen) atoms. The highest BCUT2D eigenvalue weighted by Crippen LogP contribution is 2.22. The lowest BCUT2D eigenvalue weighted by molar-refractivity contribution is 0.239. The summed E-state index contributed by atoms with van der Waals surface area (Å²) >= 11 is 0. The molecule has 0 heterocycles. The summed E-state index contributed by atoms with van der Waals surface area (Å²) in [4.78, 5) is 11.5. The number of hydrogen-bond acceptors (Lipinski definition) is 1. The maximum Gasteiger partial charge on any atom is 0.319 e. The SMILES string of the molecule is Cc1ccc(F)c(NC(=O)NC2CCC2)c1F. The normalized spacial score (nSPS) is 15.2. The molecule has 0 aliphatic heterocycles. The highest BCUT2D eigenvalue weighted by Gasteiger charge is 2.21. The summed E-state index contributed by atoms with van der Waals surface area (Å²) in [5, 5.41) is 4.87. The zero-order valence-electron chi connectivity index (χ0n) is 9.52. The van der Waals surface area contributed by atoms with Crippen LogP contribution in [0, 0.1) is 18.6 Å². The first kappa shape index (κ1) is 11.8. The van der Waals surface area contributed by atoms with Gasteiger partial charge in [-0.2, -0.15) is 0 Å². The monoisotopic (exact) mass is 240 g/mol. The van der Waals surface area contributed by atoms with Crippen LogP contribution in [0.2, 0.25) is 0 Å². The van der Waals surface area contributed by atoms with Gasteiger partial charge in [-0.1, -0.05) is 6.07 Å². The second-order valence-electron chi connectivity index (χ2n) is 4.28. The number of carbonyl (C=O) groups excluding carboxylic acids is 1. The van der Waals surface area contributed by atoms with E-state index in [1.54, 1.807) is 0 Å². The number of carbonyl (C=O) groups is 1. The number of amides is 2. The first-order valence-corrected chi connectivity index (χ1v) is 5.60. The van der Waals surface area contributed by atoms with Gasteiger partial charge in [-0.25, -0.2) is 13.6 Å². The standard InChI is InChI=1S/C12H14F2N2O/c1-7-5-6-9(13)11(10(7)14)16-12(17)15-8-3-2-4-8/h5-6,8H,2-4H2,1H3,(H2,15,16,17). The quantitative estimate of drug-likeness (QED) is 0.819. The van der Waals surface area contributed by atoms with Crippen molar-refractivity contribution in [1.29, 1.82) is 0 Å². The third-order valence-electron chi connectivity index (χ3n) is 2.96. The van der Waals surface area contributed by atoms with Gasteiger partial charge in [0.2, 0.25) is 0 Å². The fraction of sp³-hybridized carbons (Fsp3) is 0.417. The molecule has 0 aromatic heterocycles. The summed E-state index contributed by atoms with van der Waals surface area (Å²) in [6.45, 7) is 1.52. The molecule has 0 saturated heterocycles. The Hall–Kier alpha value is -1.65. The summed E-state index contributed by atoms with van der Waals surface area (Å²) < 4.78 is 26.9. The average molecular weight is 240 g/mol. The molecule has 1 fully saturated rings. The fourth-order valence-electron chi connectivity index (χ4n) is 1.66. The van der Waals surface area contributed by atoms with Crippen molar-refractivity contribution in [3.63, 3.8) is 0 Å². The van der Waals surface area contributed by atoms with Crippen LogP contribution in [0.15, 0.2) is 12.1 Å². The van der Waals surface area contributed by atoms with Gasteiger partial charge in [0.05, 0.1) is 0 Å². The third kappa shape index (κ3) is 2.54. The van der Waals surface area contributed by atoms with E-state index >= 15 is 0 Å². The first-order chi connectivity index (χ1) is 8.08. The molecule has 92 valence electrons. The average Bonchev–Trinajstić information content (AvgIpc) is 2.24. The number of urea groups is 1. The topological polar surface area (TPSA) is 41.1 Å². The molecule has 0 radical (unpaired) electrons. The van der Waals surface area contributed by atoms with E-state index in [9.17, 15) is 13.6 Å². The molecule has 1 aliphatic rings. The summed E-state index contributed by atoms with van der Waals surface area (Å²) in [7, 11) is 0. The minimum atomic E-state index is -0.767. The molecule has 1 aliphatic carbocycles. The summed E-state index contributed by atoms with van der Waals surface area (Å²) in [5.41, 5.74) is -0.0906. The van der Waals surface area contributed by atoms with Crippen LogP contribution in [-0.2, 0) is 0 Å². The smallest absolute Gasteiger partial charge is 0.319 e. The van der Waals surface area contributed by atoms with E-state index in [1.807, 2.05) is 0 Å². The van der Waals surface area contributed by atoms with Gasteiger partial charge in [0.1, 0.15) is 11.5 Å². The van der Waals surface area contributed by atoms with Gasteiger partial charge >= 0.3 is 6.03 Å². The van der Waals surface area contributed by atoms with Crippen LogP contribution in [0.5, 0.6) is 0 Å². The summed E-state index contributed by atoms with van der Waals surface area (Å²) in [6, 6.07) is 2.04. The van der Waals surface area contributed by atoms with E-state index in [4.69, 9.17) is 0 Å². The molecule has 2 amide bonds. The lowest BCUT2D eigenvalue weighted by Gasteiger charge is -2.26. The van der Waals surface area contributed by atoms with Gasteiger partial charge < -0.3 is 10.6 Å². The number of hydrogen-bond donors (Lipinski definition) is 2. The van der Waals surface area contributed by atoms with Crippen LogP contribution >= 0.6 is 0 Å². The zero-order valence-corrected chi connectivity index (χ0v) is 9.52. The van der Waals surface area contributed by atoms with E-state index in [-0.39, 0.29) is 11.7 Å². The van der Waals surface area contributed by atoms with Gasteiger partial charge in [-0.05, 0) is 37.8 Å². The van der Waals surface area contributed by atoms with Crippen LogP contribution in [0.1, 0.15) is 24.8 Å². The lowest BCUT2D eigenvalue weighted by atomic mass is 9.93. The van der Waals surface area contributed by atoms with E-state index in [0.717, 1.165) is 25.3 Å². The highest BCUT2D eigenvalue weighted by atomic mass is 19.1. The van der Waals surface area contributed by atoms with Crippen LogP contribution < -0.4 is 10.6 Å². The van der Waals surface area contributed by atoms with Crippen molar-refractivity contribution in [2.45, 2.75) is 32.2 Å². The molecule has 0 unspecified atom stereocenters. The second-order valence-corrected chi connectivity index (χ2v) is 4.28. The lowest BCUT2D eigenvalue weighted by Crippen LogP contribution is -2.42. The van der Waals surface area contributed by atoms with E-state index in [0.29, 0.717) is 5.56 Å². The predicted molar refractivity (Wildman–Crippen MR) is 60.9 cm³/mol. The van der Waals surface area contributed by atoms with Crippen LogP contribution in [-0.4, -0.2) is 12.1 Å². The molecule has 1 aromatic rings. The molecule has 5 heteroatoms. The first-order valence-electron chi connectivity index (χ1n) is 5.60. The van der Waals surface area contributed by atoms with Gasteiger partial charge in [-0.3, -0.25) is 0 Å². The van der Waals surface area contributed by atoms with E-state index in [1.165, 1.54) is 13.0 Å². The van der Waals surface area contributed by atoms with Crippen molar-refractivity contribution in [2.75, 3.05) is 5.32 Å². The molecule has 0 atom stereocenters. The molecular formula is C12H14F2N2O. The van der Waals surface area contributed by atoms with Crippen molar-refractivity contribution in [1.82, 2.24) is 5.32 Å². The number of nitrogens with one attached hydrogen (secondary N) is 2. The van der Waals surface area contributed by atoms with Crippen LogP contribution in [0.25, 0.3) is 0 Å². The molecule has 0 bridgehead atoms. The Morgan fingerprint density at radius 1 is 1.35 bits per heavy atom. The molecule has 2 N–H and O–H groups in total. The Morgan fingerprint density at radius 3 is 2.65 bits per heavy atom. The molecule has 1 saturated carbocycles. The zero-order chi connectivity index (χ0) is 12.4. The van der Waals surface area contributed by atoms with Crippen LogP contribution in [0.4, 0.5) is 19.3 Å². The fourth-order valence-corrected chi connectivity index (χ4v) is 1.66. The van der Waals surface area contributed by atoms with Gasteiger partial charge in [0.15, 0.2) is 5.82 Å². The molecule has 1 aromatic carbocycles. The minimum absolute atomic E-state index is 0.130. The summed E-state index contributed by atoms with van der Waals surface area (Å²) in [5.74, 6) is -1.49. The van der Waals surface area contributed by atoms with E-state index in [2.05, 4.69) is 10.6 Å². The van der Waals surface area contributed by atoms with Crippen LogP contribution in [0.3, 0.4) is 0 Å². The van der Waals surface area contributed by atoms with Crippen molar-refractivity contribution >= 4 is 11.7 Å². The molecule has 3 nitrogen and oxygen atoms in total. The Morgan fingerprint density at radius 2 is 2.06 bits per heavy atom. The maximum atomic E-state index is 13.6. The van der Waals surface area contributed by atoms with Crippen molar-refractivity contribution in [2.24, 2.45) is 0 Å². The Balaban J connectivity index is 2.06. The molecular weight excluding hydrogens is 226 g/mol. The van der Waals surface area contributed by atoms with Gasteiger partial charge in [-0.15, -0.1) is 0 Å². The minimum Gasteiger partial charge on any atom is -0.335 e. The Labute approximate surface area is 98.2 Å².